The molecule has 2 heterocycles. The molecule has 2 aliphatic rings. The number of benzene rings is 1. The highest BCUT2D eigenvalue weighted by Crippen LogP contribution is 2.37. The van der Waals surface area contributed by atoms with Crippen molar-refractivity contribution in [3.63, 3.8) is 0 Å². The molecule has 0 N–H and O–H groups in total. The number of hydrogen-bond donors (Lipinski definition) is 0. The molecular weight excluding hydrogens is 348 g/mol. The van der Waals surface area contributed by atoms with Gasteiger partial charge in [-0.2, -0.15) is 0 Å². The van der Waals surface area contributed by atoms with Gasteiger partial charge in [-0.05, 0) is 45.1 Å². The second kappa shape index (κ2) is 8.08. The van der Waals surface area contributed by atoms with E-state index in [0.717, 1.165) is 36.8 Å². The fourth-order valence-electron chi connectivity index (χ4n) is 4.29. The molecule has 0 radical (unpaired) electrons. The number of fused-ring (bicyclic) bond motifs is 1. The Morgan fingerprint density at radius 3 is 2.64 bits per heavy atom. The number of likely N-dealkylation sites (N-methyl/N-ethyl adjacent to an activating group) is 1. The summed E-state index contributed by atoms with van der Waals surface area (Å²) in [6.07, 6.45) is 5.48. The van der Waals surface area contributed by atoms with E-state index >= 15 is 0 Å². The lowest BCUT2D eigenvalue weighted by Crippen LogP contribution is -2.47. The molecule has 0 bridgehead atoms. The van der Waals surface area contributed by atoms with Crippen LogP contribution in [-0.4, -0.2) is 44.9 Å². The first kappa shape index (κ1) is 19.2. The summed E-state index contributed by atoms with van der Waals surface area (Å²) in [5, 5.41) is 0. The molecule has 1 aromatic heterocycles. The van der Waals surface area contributed by atoms with Gasteiger partial charge in [-0.25, -0.2) is 4.98 Å². The average molecular weight is 381 g/mol. The van der Waals surface area contributed by atoms with E-state index < -0.39 is 0 Å². The molecule has 1 atom stereocenters. The first-order chi connectivity index (χ1) is 13.6. The number of rotatable bonds is 7. The molecule has 1 unspecified atom stereocenters. The number of aromatic nitrogens is 2. The van der Waals surface area contributed by atoms with Crippen LogP contribution < -0.4 is 0 Å². The number of imidazole rings is 1. The summed E-state index contributed by atoms with van der Waals surface area (Å²) < 4.78 is 2.22. The van der Waals surface area contributed by atoms with Gasteiger partial charge in [0, 0.05) is 38.6 Å². The molecule has 0 saturated heterocycles. The molecule has 1 saturated carbocycles. The molecule has 28 heavy (non-hydrogen) atoms. The number of amides is 1. The van der Waals surface area contributed by atoms with Gasteiger partial charge in [0.25, 0.3) is 0 Å². The number of nitrogens with zero attached hydrogens (tertiary/aromatic N) is 4. The van der Waals surface area contributed by atoms with Crippen molar-refractivity contribution in [1.82, 2.24) is 19.4 Å². The van der Waals surface area contributed by atoms with Gasteiger partial charge >= 0.3 is 0 Å². The Morgan fingerprint density at radius 1 is 1.25 bits per heavy atom. The minimum Gasteiger partial charge on any atom is -0.337 e. The van der Waals surface area contributed by atoms with E-state index in [-0.39, 0.29) is 11.9 Å². The smallest absolute Gasteiger partial charge is 0.246 e. The monoisotopic (exact) mass is 380 g/mol. The van der Waals surface area contributed by atoms with E-state index in [2.05, 4.69) is 47.4 Å². The van der Waals surface area contributed by atoms with Crippen LogP contribution in [0.5, 0.6) is 0 Å². The van der Waals surface area contributed by atoms with E-state index in [1.807, 2.05) is 29.4 Å². The van der Waals surface area contributed by atoms with Crippen LogP contribution in [0, 0.1) is 5.92 Å². The molecule has 2 aromatic rings. The second-order valence-electron chi connectivity index (χ2n) is 8.51. The lowest BCUT2D eigenvalue weighted by atomic mass is 9.99. The minimum atomic E-state index is -0.210. The van der Waals surface area contributed by atoms with Crippen LogP contribution in [-0.2, 0) is 17.8 Å². The summed E-state index contributed by atoms with van der Waals surface area (Å²) in [6, 6.07) is 10.4. The largest absolute Gasteiger partial charge is 0.337 e. The zero-order valence-corrected chi connectivity index (χ0v) is 17.3. The molecule has 4 rings (SSSR count). The van der Waals surface area contributed by atoms with Gasteiger partial charge in [0.15, 0.2) is 0 Å². The van der Waals surface area contributed by atoms with E-state index in [1.54, 1.807) is 0 Å². The second-order valence-corrected chi connectivity index (χ2v) is 8.51. The number of carbonyl (C=O) groups excluding carboxylic acids is 1. The summed E-state index contributed by atoms with van der Waals surface area (Å²) in [6.45, 7) is 9.76. The summed E-state index contributed by atoms with van der Waals surface area (Å²) in [5.41, 5.74) is 3.41. The van der Waals surface area contributed by atoms with Gasteiger partial charge in [0.05, 0.1) is 17.7 Å². The molecule has 150 valence electrons. The van der Waals surface area contributed by atoms with Crippen molar-refractivity contribution in [3.05, 3.63) is 53.6 Å². The van der Waals surface area contributed by atoms with Gasteiger partial charge < -0.3 is 9.47 Å². The van der Waals surface area contributed by atoms with Crippen LogP contribution in [0.3, 0.4) is 0 Å². The molecule has 1 aliphatic heterocycles. The molecule has 1 amide bonds. The molecule has 5 nitrogen and oxygen atoms in total. The summed E-state index contributed by atoms with van der Waals surface area (Å²) in [5.74, 6) is 0.979. The Balaban J connectivity index is 1.66. The lowest BCUT2D eigenvalue weighted by molar-refractivity contribution is -0.138. The third-order valence-corrected chi connectivity index (χ3v) is 6.06. The Bertz CT molecular complexity index is 809. The van der Waals surface area contributed by atoms with Crippen LogP contribution >= 0.6 is 0 Å². The van der Waals surface area contributed by atoms with Gasteiger partial charge in [0.1, 0.15) is 6.04 Å². The van der Waals surface area contributed by atoms with Crippen LogP contribution in [0.4, 0.5) is 0 Å². The van der Waals surface area contributed by atoms with Gasteiger partial charge in [-0.3, -0.25) is 9.69 Å². The van der Waals surface area contributed by atoms with Crippen molar-refractivity contribution in [2.45, 2.75) is 58.7 Å². The van der Waals surface area contributed by atoms with Crippen molar-refractivity contribution in [3.8, 4) is 0 Å². The zero-order chi connectivity index (χ0) is 19.7. The fraction of sp³-hybridized carbons (Fsp3) is 0.565. The third-order valence-electron chi connectivity index (χ3n) is 6.06. The standard InChI is InChI=1S/C23H32N4O/c1-4-25(14-18-8-6-5-7-9-18)23(28)22-21-20(24-16-27(21)17(2)3)12-13-26(22)15-19-10-11-19/h5-9,16-17,19,22H,4,10-15H2,1-3H3. The maximum Gasteiger partial charge on any atom is 0.246 e. The van der Waals surface area contributed by atoms with Crippen molar-refractivity contribution < 1.29 is 4.79 Å². The Kier molecular flexibility index (Phi) is 5.54. The normalized spacial score (nSPS) is 19.6. The maximum atomic E-state index is 13.8. The minimum absolute atomic E-state index is 0.210. The van der Waals surface area contributed by atoms with Crippen molar-refractivity contribution in [2.75, 3.05) is 19.6 Å². The molecule has 1 fully saturated rings. The predicted octanol–water partition coefficient (Wildman–Crippen LogP) is 3.82. The molecule has 1 aromatic carbocycles. The summed E-state index contributed by atoms with van der Waals surface area (Å²) in [4.78, 5) is 22.9. The van der Waals surface area contributed by atoms with Crippen molar-refractivity contribution >= 4 is 5.91 Å². The first-order valence-electron chi connectivity index (χ1n) is 10.7. The highest BCUT2D eigenvalue weighted by atomic mass is 16.2. The molecule has 1 aliphatic carbocycles. The van der Waals surface area contributed by atoms with Crippen LogP contribution in [0.1, 0.15) is 62.6 Å². The molecule has 5 heteroatoms. The van der Waals surface area contributed by atoms with Gasteiger partial charge in [-0.1, -0.05) is 30.3 Å². The van der Waals surface area contributed by atoms with Crippen LogP contribution in [0.25, 0.3) is 0 Å². The molecular formula is C23H32N4O. The lowest BCUT2D eigenvalue weighted by Gasteiger charge is -2.38. The van der Waals surface area contributed by atoms with Gasteiger partial charge in [0.2, 0.25) is 5.91 Å². The summed E-state index contributed by atoms with van der Waals surface area (Å²) >= 11 is 0. The quantitative estimate of drug-likeness (QED) is 0.733. The topological polar surface area (TPSA) is 41.4 Å². The zero-order valence-electron chi connectivity index (χ0n) is 17.3. The Hall–Kier alpha value is -2.14. The van der Waals surface area contributed by atoms with E-state index in [9.17, 15) is 4.79 Å². The van der Waals surface area contributed by atoms with Crippen LogP contribution in [0.15, 0.2) is 36.7 Å². The van der Waals surface area contributed by atoms with Crippen molar-refractivity contribution in [1.29, 1.82) is 0 Å². The van der Waals surface area contributed by atoms with E-state index in [1.165, 1.54) is 18.4 Å². The maximum absolute atomic E-state index is 13.8. The third kappa shape index (κ3) is 3.86. The Morgan fingerprint density at radius 2 is 2.00 bits per heavy atom. The number of carbonyl (C=O) groups is 1. The Labute approximate surface area is 168 Å². The highest BCUT2D eigenvalue weighted by molar-refractivity contribution is 5.83. The first-order valence-corrected chi connectivity index (χ1v) is 10.7. The average Bonchev–Trinajstić information content (AvgIpc) is 3.41. The summed E-state index contributed by atoms with van der Waals surface area (Å²) in [7, 11) is 0. The van der Waals surface area contributed by atoms with E-state index in [0.29, 0.717) is 19.1 Å². The fourth-order valence-corrected chi connectivity index (χ4v) is 4.29. The van der Waals surface area contributed by atoms with Crippen molar-refractivity contribution in [2.24, 2.45) is 5.92 Å². The molecule has 0 spiro atoms. The van der Waals surface area contributed by atoms with Gasteiger partial charge in [-0.15, -0.1) is 0 Å². The number of hydrogen-bond acceptors (Lipinski definition) is 3. The van der Waals surface area contributed by atoms with E-state index in [4.69, 9.17) is 0 Å². The highest BCUT2D eigenvalue weighted by Gasteiger charge is 2.40. The predicted molar refractivity (Wildman–Crippen MR) is 111 cm³/mol. The SMILES string of the molecule is CCN(Cc1ccccc1)C(=O)C1c2c(ncn2C(C)C)CCN1CC1CC1. The van der Waals surface area contributed by atoms with Crippen LogP contribution in [0.2, 0.25) is 0 Å².